The molecule has 4 N–H and O–H groups in total. The number of hydrogen-bond acceptors (Lipinski definition) is 5. The molecule has 3 rings (SSSR count). The fourth-order valence-electron chi connectivity index (χ4n) is 2.79. The zero-order valence-electron chi connectivity index (χ0n) is 11.2. The second-order valence-electron chi connectivity index (χ2n) is 5.26. The quantitative estimate of drug-likeness (QED) is 0.826. The van der Waals surface area contributed by atoms with E-state index in [0.717, 1.165) is 25.7 Å². The van der Waals surface area contributed by atoms with Crippen LogP contribution in [0, 0.1) is 0 Å². The first-order valence-corrected chi connectivity index (χ1v) is 6.84. The average Bonchev–Trinajstić information content (AvgIpc) is 3.04. The molecule has 1 saturated carbocycles. The Hall–Kier alpha value is -2.24. The van der Waals surface area contributed by atoms with Gasteiger partial charge in [-0.3, -0.25) is 4.79 Å². The number of hydrogen-bond donors (Lipinski definition) is 2. The van der Waals surface area contributed by atoms with Crippen molar-refractivity contribution < 1.29 is 9.21 Å². The summed E-state index contributed by atoms with van der Waals surface area (Å²) in [4.78, 5) is 17.6. The first kappa shape index (κ1) is 12.8. The Labute approximate surface area is 116 Å². The molecule has 1 aliphatic rings. The normalized spacial score (nSPS) is 15.8. The van der Waals surface area contributed by atoms with Crippen molar-refractivity contribution in [2.45, 2.75) is 31.7 Å². The standard InChI is InChI=1S/C14H18N4O2/c15-9-5-6-12-11(7-9)17-14(20-12)18(8-13(16)19)10-3-1-2-4-10/h5-7,10H,1-4,8,15H2,(H2,16,19). The topological polar surface area (TPSA) is 98.4 Å². The second-order valence-corrected chi connectivity index (χ2v) is 5.26. The molecule has 0 saturated heterocycles. The summed E-state index contributed by atoms with van der Waals surface area (Å²) in [6.45, 7) is 0.132. The molecule has 1 amide bonds. The number of benzene rings is 1. The zero-order valence-corrected chi connectivity index (χ0v) is 11.2. The van der Waals surface area contributed by atoms with Crippen LogP contribution in [-0.4, -0.2) is 23.5 Å². The number of rotatable bonds is 4. The number of carbonyl (C=O) groups is 1. The van der Waals surface area contributed by atoms with Gasteiger partial charge in [0.15, 0.2) is 5.58 Å². The largest absolute Gasteiger partial charge is 0.423 e. The SMILES string of the molecule is NC(=O)CN(c1nc2cc(N)ccc2o1)C1CCCC1. The highest BCUT2D eigenvalue weighted by atomic mass is 16.4. The molecule has 6 heteroatoms. The maximum Gasteiger partial charge on any atom is 0.299 e. The number of anilines is 2. The summed E-state index contributed by atoms with van der Waals surface area (Å²) in [5, 5.41) is 0. The minimum atomic E-state index is -0.376. The number of primary amides is 1. The smallest absolute Gasteiger partial charge is 0.299 e. The van der Waals surface area contributed by atoms with Gasteiger partial charge in [-0.05, 0) is 31.0 Å². The molecule has 2 aromatic rings. The van der Waals surface area contributed by atoms with E-state index in [2.05, 4.69) is 4.98 Å². The summed E-state index contributed by atoms with van der Waals surface area (Å²) in [6.07, 6.45) is 4.39. The first-order chi connectivity index (χ1) is 9.63. The Balaban J connectivity index is 1.96. The van der Waals surface area contributed by atoms with Crippen LogP contribution in [0.25, 0.3) is 11.1 Å². The van der Waals surface area contributed by atoms with Gasteiger partial charge in [-0.25, -0.2) is 0 Å². The number of nitrogens with zero attached hydrogens (tertiary/aromatic N) is 2. The molecule has 6 nitrogen and oxygen atoms in total. The van der Waals surface area contributed by atoms with Gasteiger partial charge < -0.3 is 20.8 Å². The van der Waals surface area contributed by atoms with Gasteiger partial charge in [-0.1, -0.05) is 12.8 Å². The molecule has 0 radical (unpaired) electrons. The van der Waals surface area contributed by atoms with Crippen LogP contribution in [0.1, 0.15) is 25.7 Å². The summed E-state index contributed by atoms with van der Waals surface area (Å²) in [6, 6.07) is 6.05. The molecular formula is C14H18N4O2. The van der Waals surface area contributed by atoms with Crippen LogP contribution in [-0.2, 0) is 4.79 Å². The molecule has 1 fully saturated rings. The van der Waals surface area contributed by atoms with Crippen molar-refractivity contribution in [2.24, 2.45) is 5.73 Å². The van der Waals surface area contributed by atoms with E-state index in [9.17, 15) is 4.79 Å². The number of oxazole rings is 1. The lowest BCUT2D eigenvalue weighted by atomic mass is 10.2. The number of aromatic nitrogens is 1. The van der Waals surface area contributed by atoms with Gasteiger partial charge in [0, 0.05) is 11.7 Å². The van der Waals surface area contributed by atoms with Crippen molar-refractivity contribution in [3.63, 3.8) is 0 Å². The van der Waals surface area contributed by atoms with E-state index in [1.807, 2.05) is 4.90 Å². The van der Waals surface area contributed by atoms with E-state index < -0.39 is 0 Å². The fraction of sp³-hybridized carbons (Fsp3) is 0.429. The maximum atomic E-state index is 11.3. The predicted octanol–water partition coefficient (Wildman–Crippen LogP) is 1.64. The Kier molecular flexibility index (Phi) is 3.22. The molecule has 0 spiro atoms. The van der Waals surface area contributed by atoms with Gasteiger partial charge in [0.2, 0.25) is 5.91 Å². The van der Waals surface area contributed by atoms with E-state index in [1.165, 1.54) is 0 Å². The van der Waals surface area contributed by atoms with Gasteiger partial charge in [0.25, 0.3) is 6.01 Å². The molecule has 0 unspecified atom stereocenters. The molecule has 0 bridgehead atoms. The molecule has 0 aliphatic heterocycles. The molecule has 0 atom stereocenters. The van der Waals surface area contributed by atoms with E-state index >= 15 is 0 Å². The van der Waals surface area contributed by atoms with Crippen molar-refractivity contribution in [3.05, 3.63) is 18.2 Å². The molecule has 106 valence electrons. The third-order valence-corrected chi connectivity index (χ3v) is 3.74. The van der Waals surface area contributed by atoms with Gasteiger partial charge in [0.05, 0.1) is 0 Å². The van der Waals surface area contributed by atoms with Gasteiger partial charge in [-0.2, -0.15) is 4.98 Å². The summed E-state index contributed by atoms with van der Waals surface area (Å²) in [7, 11) is 0. The summed E-state index contributed by atoms with van der Waals surface area (Å²) in [5.41, 5.74) is 13.1. The Bertz CT molecular complexity index is 631. The third kappa shape index (κ3) is 2.41. The van der Waals surface area contributed by atoms with E-state index in [1.54, 1.807) is 18.2 Å². The lowest BCUT2D eigenvalue weighted by Gasteiger charge is -2.25. The summed E-state index contributed by atoms with van der Waals surface area (Å²) < 4.78 is 5.75. The molecule has 1 aromatic heterocycles. The van der Waals surface area contributed by atoms with Gasteiger partial charge in [-0.15, -0.1) is 0 Å². The zero-order chi connectivity index (χ0) is 14.1. The van der Waals surface area contributed by atoms with E-state index in [4.69, 9.17) is 15.9 Å². The van der Waals surface area contributed by atoms with Crippen LogP contribution in [0.4, 0.5) is 11.7 Å². The average molecular weight is 274 g/mol. The fourth-order valence-corrected chi connectivity index (χ4v) is 2.79. The highest BCUT2D eigenvalue weighted by Gasteiger charge is 2.27. The van der Waals surface area contributed by atoms with Gasteiger partial charge in [0.1, 0.15) is 12.1 Å². The van der Waals surface area contributed by atoms with Crippen molar-refractivity contribution in [1.82, 2.24) is 4.98 Å². The Morgan fingerprint density at radius 3 is 2.85 bits per heavy atom. The summed E-state index contributed by atoms with van der Waals surface area (Å²) in [5.74, 6) is -0.376. The van der Waals surface area contributed by atoms with Crippen LogP contribution >= 0.6 is 0 Å². The second kappa shape index (κ2) is 5.03. The van der Waals surface area contributed by atoms with Crippen molar-refractivity contribution in [1.29, 1.82) is 0 Å². The van der Waals surface area contributed by atoms with Crippen LogP contribution < -0.4 is 16.4 Å². The van der Waals surface area contributed by atoms with Crippen LogP contribution in [0.15, 0.2) is 22.6 Å². The molecule has 1 aromatic carbocycles. The number of amides is 1. The molecule has 1 aliphatic carbocycles. The van der Waals surface area contributed by atoms with Crippen molar-refractivity contribution in [2.75, 3.05) is 17.2 Å². The predicted molar refractivity (Wildman–Crippen MR) is 77.2 cm³/mol. The number of fused-ring (bicyclic) bond motifs is 1. The Morgan fingerprint density at radius 2 is 2.15 bits per heavy atom. The summed E-state index contributed by atoms with van der Waals surface area (Å²) >= 11 is 0. The highest BCUT2D eigenvalue weighted by Crippen LogP contribution is 2.30. The lowest BCUT2D eigenvalue weighted by molar-refractivity contribution is -0.116. The number of nitrogens with two attached hydrogens (primary N) is 2. The maximum absolute atomic E-state index is 11.3. The Morgan fingerprint density at radius 1 is 1.40 bits per heavy atom. The van der Waals surface area contributed by atoms with Gasteiger partial charge >= 0.3 is 0 Å². The first-order valence-electron chi connectivity index (χ1n) is 6.84. The number of carbonyl (C=O) groups excluding carboxylic acids is 1. The van der Waals surface area contributed by atoms with Crippen LogP contribution in [0.5, 0.6) is 0 Å². The minimum absolute atomic E-state index is 0.132. The monoisotopic (exact) mass is 274 g/mol. The molecule has 1 heterocycles. The third-order valence-electron chi connectivity index (χ3n) is 3.74. The van der Waals surface area contributed by atoms with Crippen molar-refractivity contribution in [3.8, 4) is 0 Å². The van der Waals surface area contributed by atoms with Crippen LogP contribution in [0.2, 0.25) is 0 Å². The molecular weight excluding hydrogens is 256 g/mol. The molecule has 20 heavy (non-hydrogen) atoms. The van der Waals surface area contributed by atoms with Crippen LogP contribution in [0.3, 0.4) is 0 Å². The van der Waals surface area contributed by atoms with E-state index in [0.29, 0.717) is 22.8 Å². The highest BCUT2D eigenvalue weighted by molar-refractivity contribution is 5.81. The van der Waals surface area contributed by atoms with Crippen molar-refractivity contribution >= 4 is 28.7 Å². The minimum Gasteiger partial charge on any atom is -0.423 e. The number of nitrogen functional groups attached to an aromatic ring is 1. The lowest BCUT2D eigenvalue weighted by Crippen LogP contribution is -2.40. The van der Waals surface area contributed by atoms with E-state index in [-0.39, 0.29) is 18.5 Å².